The second kappa shape index (κ2) is 4.98. The summed E-state index contributed by atoms with van der Waals surface area (Å²) in [7, 11) is 0. The number of rotatable bonds is 3. The molecule has 0 bridgehead atoms. The summed E-state index contributed by atoms with van der Waals surface area (Å²) in [4.78, 5) is 0. The molecule has 1 atom stereocenters. The molecule has 0 saturated carbocycles. The number of hydrogen-bond acceptors (Lipinski definition) is 1. The molecule has 48 valence electrons. The van der Waals surface area contributed by atoms with E-state index >= 15 is 0 Å². The molecule has 0 aromatic carbocycles. The van der Waals surface area contributed by atoms with Gasteiger partial charge >= 0.3 is 0 Å². The minimum atomic E-state index is 0.103. The number of allylic oxidation sites excluding steroid dienone is 1. The zero-order valence-electron chi connectivity index (χ0n) is 5.23. The summed E-state index contributed by atoms with van der Waals surface area (Å²) in [6, 6.07) is 0. The SMILES string of the molecule is C/C=C\OCC(C)Cl. The molecule has 0 aliphatic heterocycles. The molecule has 8 heavy (non-hydrogen) atoms. The van der Waals surface area contributed by atoms with Crippen LogP contribution in [0.3, 0.4) is 0 Å². The van der Waals surface area contributed by atoms with Crippen molar-refractivity contribution in [1.82, 2.24) is 0 Å². The summed E-state index contributed by atoms with van der Waals surface area (Å²) in [5.74, 6) is 0. The van der Waals surface area contributed by atoms with Crippen LogP contribution in [0, 0.1) is 0 Å². The van der Waals surface area contributed by atoms with E-state index in [-0.39, 0.29) is 5.38 Å². The molecule has 0 aliphatic rings. The van der Waals surface area contributed by atoms with E-state index in [0.29, 0.717) is 6.61 Å². The van der Waals surface area contributed by atoms with Crippen molar-refractivity contribution < 1.29 is 4.74 Å². The van der Waals surface area contributed by atoms with Crippen molar-refractivity contribution in [3.8, 4) is 0 Å². The first-order chi connectivity index (χ1) is 3.77. The van der Waals surface area contributed by atoms with Gasteiger partial charge in [-0.05, 0) is 13.8 Å². The van der Waals surface area contributed by atoms with E-state index in [0.717, 1.165) is 0 Å². The topological polar surface area (TPSA) is 9.23 Å². The predicted molar refractivity (Wildman–Crippen MR) is 36.1 cm³/mol. The molecule has 0 fully saturated rings. The molecule has 0 N–H and O–H groups in total. The third-order valence-electron chi connectivity index (χ3n) is 0.558. The van der Waals surface area contributed by atoms with Crippen molar-refractivity contribution in [3.05, 3.63) is 12.3 Å². The number of halogens is 1. The van der Waals surface area contributed by atoms with Gasteiger partial charge in [-0.25, -0.2) is 0 Å². The fourth-order valence-corrected chi connectivity index (χ4v) is 0.357. The van der Waals surface area contributed by atoms with E-state index in [2.05, 4.69) is 0 Å². The first-order valence-corrected chi connectivity index (χ1v) is 3.08. The van der Waals surface area contributed by atoms with Gasteiger partial charge in [0.25, 0.3) is 0 Å². The molecule has 0 aliphatic carbocycles. The van der Waals surface area contributed by atoms with Crippen molar-refractivity contribution in [2.75, 3.05) is 6.61 Å². The standard InChI is InChI=1S/C6H11ClO/c1-3-4-8-5-6(2)7/h3-4,6H,5H2,1-2H3/b4-3-. The van der Waals surface area contributed by atoms with Crippen LogP contribution in [0.25, 0.3) is 0 Å². The van der Waals surface area contributed by atoms with E-state index in [1.54, 1.807) is 6.26 Å². The van der Waals surface area contributed by atoms with Gasteiger partial charge in [0.15, 0.2) is 0 Å². The Labute approximate surface area is 55.3 Å². The summed E-state index contributed by atoms with van der Waals surface area (Å²) in [6.07, 6.45) is 3.47. The van der Waals surface area contributed by atoms with E-state index in [4.69, 9.17) is 16.3 Å². The Kier molecular flexibility index (Phi) is 4.87. The largest absolute Gasteiger partial charge is 0.500 e. The maximum Gasteiger partial charge on any atom is 0.103 e. The lowest BCUT2D eigenvalue weighted by atomic mass is 10.5. The molecule has 0 rings (SSSR count). The average Bonchev–Trinajstić information content (AvgIpc) is 1.66. The van der Waals surface area contributed by atoms with Gasteiger partial charge in [0.2, 0.25) is 0 Å². The molecule has 0 amide bonds. The van der Waals surface area contributed by atoms with Gasteiger partial charge in [0.1, 0.15) is 6.61 Å². The van der Waals surface area contributed by atoms with Crippen LogP contribution in [0.2, 0.25) is 0 Å². The lowest BCUT2D eigenvalue weighted by molar-refractivity contribution is 0.252. The highest BCUT2D eigenvalue weighted by Gasteiger charge is 1.90. The van der Waals surface area contributed by atoms with Crippen LogP contribution in [0.4, 0.5) is 0 Å². The van der Waals surface area contributed by atoms with Gasteiger partial charge in [-0.15, -0.1) is 11.6 Å². The molecular formula is C6H11ClO. The maximum atomic E-state index is 5.55. The summed E-state index contributed by atoms with van der Waals surface area (Å²) in [6.45, 7) is 4.38. The third kappa shape index (κ3) is 5.83. The number of alkyl halides is 1. The molecular weight excluding hydrogens is 124 g/mol. The molecule has 0 spiro atoms. The summed E-state index contributed by atoms with van der Waals surface area (Å²) < 4.78 is 4.93. The van der Waals surface area contributed by atoms with Crippen molar-refractivity contribution in [1.29, 1.82) is 0 Å². The second-order valence-corrected chi connectivity index (χ2v) is 2.33. The van der Waals surface area contributed by atoms with Gasteiger partial charge in [-0.1, -0.05) is 6.08 Å². The Morgan fingerprint density at radius 3 is 2.75 bits per heavy atom. The normalized spacial score (nSPS) is 14.4. The molecule has 1 nitrogen and oxygen atoms in total. The second-order valence-electron chi connectivity index (χ2n) is 1.58. The monoisotopic (exact) mass is 134 g/mol. The highest BCUT2D eigenvalue weighted by molar-refractivity contribution is 6.20. The predicted octanol–water partition coefficient (Wildman–Crippen LogP) is 2.16. The quantitative estimate of drug-likeness (QED) is 0.425. The minimum absolute atomic E-state index is 0.103. The van der Waals surface area contributed by atoms with Crippen LogP contribution in [0.15, 0.2) is 12.3 Å². The Morgan fingerprint density at radius 1 is 1.75 bits per heavy atom. The lowest BCUT2D eigenvalue weighted by Gasteiger charge is -1.99. The Balaban J connectivity index is 2.93. The number of hydrogen-bond donors (Lipinski definition) is 0. The molecule has 0 saturated heterocycles. The molecule has 1 unspecified atom stereocenters. The van der Waals surface area contributed by atoms with Crippen molar-refractivity contribution in [2.24, 2.45) is 0 Å². The minimum Gasteiger partial charge on any atom is -0.500 e. The van der Waals surface area contributed by atoms with E-state index in [1.165, 1.54) is 0 Å². The smallest absolute Gasteiger partial charge is 0.103 e. The van der Waals surface area contributed by atoms with Gasteiger partial charge in [-0.3, -0.25) is 0 Å². The van der Waals surface area contributed by atoms with Gasteiger partial charge < -0.3 is 4.74 Å². The summed E-state index contributed by atoms with van der Waals surface area (Å²) in [5.41, 5.74) is 0. The van der Waals surface area contributed by atoms with Crippen LogP contribution in [0.5, 0.6) is 0 Å². The molecule has 0 heterocycles. The van der Waals surface area contributed by atoms with Crippen LogP contribution in [-0.2, 0) is 4.74 Å². The first-order valence-electron chi connectivity index (χ1n) is 2.64. The molecule has 0 aromatic rings. The summed E-state index contributed by atoms with van der Waals surface area (Å²) >= 11 is 5.55. The van der Waals surface area contributed by atoms with E-state index in [9.17, 15) is 0 Å². The maximum absolute atomic E-state index is 5.55. The first kappa shape index (κ1) is 7.83. The number of ether oxygens (including phenoxy) is 1. The van der Waals surface area contributed by atoms with Gasteiger partial charge in [0.05, 0.1) is 11.6 Å². The Bertz CT molecular complexity index is 68.9. The fraction of sp³-hybridized carbons (Fsp3) is 0.667. The Hall–Kier alpha value is -0.170. The molecule has 0 radical (unpaired) electrons. The van der Waals surface area contributed by atoms with Crippen LogP contribution >= 0.6 is 11.6 Å². The van der Waals surface area contributed by atoms with Crippen LogP contribution in [0.1, 0.15) is 13.8 Å². The summed E-state index contributed by atoms with van der Waals surface area (Å²) in [5, 5.41) is 0.103. The van der Waals surface area contributed by atoms with Gasteiger partial charge in [0, 0.05) is 0 Å². The molecule has 2 heteroatoms. The van der Waals surface area contributed by atoms with Crippen molar-refractivity contribution in [3.63, 3.8) is 0 Å². The average molecular weight is 135 g/mol. The highest BCUT2D eigenvalue weighted by atomic mass is 35.5. The van der Waals surface area contributed by atoms with Crippen LogP contribution in [-0.4, -0.2) is 12.0 Å². The highest BCUT2D eigenvalue weighted by Crippen LogP contribution is 1.93. The Morgan fingerprint density at radius 2 is 2.38 bits per heavy atom. The third-order valence-corrected chi connectivity index (χ3v) is 0.684. The zero-order valence-corrected chi connectivity index (χ0v) is 5.98. The van der Waals surface area contributed by atoms with E-state index < -0.39 is 0 Å². The lowest BCUT2D eigenvalue weighted by Crippen LogP contribution is -1.99. The van der Waals surface area contributed by atoms with E-state index in [1.807, 2.05) is 19.9 Å². The van der Waals surface area contributed by atoms with Crippen molar-refractivity contribution in [2.45, 2.75) is 19.2 Å². The van der Waals surface area contributed by atoms with Gasteiger partial charge in [-0.2, -0.15) is 0 Å². The fourth-order valence-electron chi connectivity index (χ4n) is 0.284. The zero-order chi connectivity index (χ0) is 6.41. The van der Waals surface area contributed by atoms with Crippen molar-refractivity contribution >= 4 is 11.6 Å². The molecule has 0 aromatic heterocycles. The van der Waals surface area contributed by atoms with Crippen LogP contribution < -0.4 is 0 Å².